The van der Waals surface area contributed by atoms with Gasteiger partial charge in [0, 0.05) is 18.2 Å². The van der Waals surface area contributed by atoms with Crippen LogP contribution in [-0.2, 0) is 0 Å². The number of thiocarbonyl (C=S) groups is 1. The molecule has 3 nitrogen and oxygen atoms in total. The number of ether oxygens (including phenoxy) is 1. The molecule has 0 saturated heterocycles. The minimum absolute atomic E-state index is 0.407. The van der Waals surface area contributed by atoms with Crippen LogP contribution < -0.4 is 10.5 Å². The second-order valence-corrected chi connectivity index (χ2v) is 5.66. The van der Waals surface area contributed by atoms with E-state index < -0.39 is 0 Å². The first-order valence-electron chi connectivity index (χ1n) is 7.31. The highest BCUT2D eigenvalue weighted by Gasteiger charge is 2.07. The second-order valence-electron chi connectivity index (χ2n) is 5.22. The van der Waals surface area contributed by atoms with Gasteiger partial charge in [-0.2, -0.15) is 0 Å². The first-order chi connectivity index (χ1) is 9.54. The molecule has 0 aliphatic rings. The maximum absolute atomic E-state index is 5.76. The predicted octanol–water partition coefficient (Wildman–Crippen LogP) is 3.21. The van der Waals surface area contributed by atoms with E-state index in [-0.39, 0.29) is 0 Å². The maximum atomic E-state index is 5.76. The minimum atomic E-state index is 0.407. The molecule has 0 radical (unpaired) electrons. The Morgan fingerprint density at radius 1 is 1.35 bits per heavy atom. The van der Waals surface area contributed by atoms with E-state index in [4.69, 9.17) is 22.7 Å². The standard InChI is InChI=1S/C16H26N2OS/c1-4-9-18(13(2)3)10-6-11-19-15-8-5-7-14(12-15)16(17)20/h5,7-8,12-13H,4,6,9-11H2,1-3H3,(H2,17,20). The molecule has 0 unspecified atom stereocenters. The zero-order chi connectivity index (χ0) is 15.0. The van der Waals surface area contributed by atoms with Crippen molar-refractivity contribution in [1.29, 1.82) is 0 Å². The average Bonchev–Trinajstić information content (AvgIpc) is 2.42. The Balaban J connectivity index is 2.37. The Labute approximate surface area is 128 Å². The van der Waals surface area contributed by atoms with E-state index in [0.717, 1.165) is 30.8 Å². The van der Waals surface area contributed by atoms with E-state index in [1.807, 2.05) is 24.3 Å². The van der Waals surface area contributed by atoms with E-state index >= 15 is 0 Å². The van der Waals surface area contributed by atoms with Crippen molar-refractivity contribution in [3.8, 4) is 5.75 Å². The van der Waals surface area contributed by atoms with Crippen LogP contribution in [0.4, 0.5) is 0 Å². The molecule has 0 bridgehead atoms. The van der Waals surface area contributed by atoms with Crippen molar-refractivity contribution in [1.82, 2.24) is 4.90 Å². The Bertz CT molecular complexity index is 421. The molecule has 1 rings (SSSR count). The summed E-state index contributed by atoms with van der Waals surface area (Å²) in [6.07, 6.45) is 2.21. The van der Waals surface area contributed by atoms with Crippen LogP contribution in [-0.4, -0.2) is 35.6 Å². The smallest absolute Gasteiger partial charge is 0.119 e. The molecule has 0 aromatic heterocycles. The summed E-state index contributed by atoms with van der Waals surface area (Å²) in [6, 6.07) is 8.24. The summed E-state index contributed by atoms with van der Waals surface area (Å²) in [6.45, 7) is 9.63. The summed E-state index contributed by atoms with van der Waals surface area (Å²) in [4.78, 5) is 2.89. The largest absolute Gasteiger partial charge is 0.494 e. The molecule has 4 heteroatoms. The number of benzene rings is 1. The van der Waals surface area contributed by atoms with Crippen LogP contribution in [0.1, 0.15) is 39.2 Å². The van der Waals surface area contributed by atoms with Gasteiger partial charge in [0.05, 0.1) is 6.61 Å². The van der Waals surface area contributed by atoms with Gasteiger partial charge in [-0.15, -0.1) is 0 Å². The monoisotopic (exact) mass is 294 g/mol. The molecule has 20 heavy (non-hydrogen) atoms. The predicted molar refractivity (Wildman–Crippen MR) is 89.4 cm³/mol. The molecule has 1 aromatic rings. The normalized spacial score (nSPS) is 11.1. The van der Waals surface area contributed by atoms with Crippen LogP contribution in [0.3, 0.4) is 0 Å². The lowest BCUT2D eigenvalue weighted by Crippen LogP contribution is -2.33. The Hall–Kier alpha value is -1.13. The van der Waals surface area contributed by atoms with Crippen LogP contribution in [0.2, 0.25) is 0 Å². The zero-order valence-electron chi connectivity index (χ0n) is 12.8. The number of hydrogen-bond acceptors (Lipinski definition) is 3. The van der Waals surface area contributed by atoms with Gasteiger partial charge in [0.15, 0.2) is 0 Å². The molecule has 2 N–H and O–H groups in total. The van der Waals surface area contributed by atoms with Gasteiger partial charge >= 0.3 is 0 Å². The lowest BCUT2D eigenvalue weighted by molar-refractivity contribution is 0.198. The quantitative estimate of drug-likeness (QED) is 0.561. The molecule has 0 aliphatic carbocycles. The van der Waals surface area contributed by atoms with Crippen LogP contribution in [0.15, 0.2) is 24.3 Å². The molecular formula is C16H26N2OS. The summed E-state index contributed by atoms with van der Waals surface area (Å²) in [5, 5.41) is 0. The Kier molecular flexibility index (Phi) is 7.55. The van der Waals surface area contributed by atoms with Gasteiger partial charge in [-0.3, -0.25) is 0 Å². The van der Waals surface area contributed by atoms with Gasteiger partial charge in [-0.25, -0.2) is 0 Å². The third kappa shape index (κ3) is 5.88. The lowest BCUT2D eigenvalue weighted by Gasteiger charge is -2.25. The molecule has 0 saturated carbocycles. The van der Waals surface area contributed by atoms with Gasteiger partial charge in [0.25, 0.3) is 0 Å². The van der Waals surface area contributed by atoms with Crippen LogP contribution in [0.5, 0.6) is 5.75 Å². The lowest BCUT2D eigenvalue weighted by atomic mass is 10.2. The Morgan fingerprint density at radius 2 is 2.10 bits per heavy atom. The molecule has 0 spiro atoms. The highest BCUT2D eigenvalue weighted by Crippen LogP contribution is 2.13. The van der Waals surface area contributed by atoms with Crippen LogP contribution >= 0.6 is 12.2 Å². The Morgan fingerprint density at radius 3 is 2.70 bits per heavy atom. The first kappa shape index (κ1) is 16.9. The average molecular weight is 294 g/mol. The molecule has 0 fully saturated rings. The van der Waals surface area contributed by atoms with Crippen molar-refractivity contribution in [2.24, 2.45) is 5.73 Å². The SMILES string of the molecule is CCCN(CCCOc1cccc(C(N)=S)c1)C(C)C. The van der Waals surface area contributed by atoms with E-state index in [1.54, 1.807) is 0 Å². The van der Waals surface area contributed by atoms with E-state index in [2.05, 4.69) is 25.7 Å². The molecule has 0 heterocycles. The summed E-state index contributed by atoms with van der Waals surface area (Å²) in [5.41, 5.74) is 6.47. The van der Waals surface area contributed by atoms with E-state index in [1.165, 1.54) is 6.42 Å². The third-order valence-corrected chi connectivity index (χ3v) is 3.45. The van der Waals surface area contributed by atoms with Gasteiger partial charge in [-0.05, 0) is 45.4 Å². The van der Waals surface area contributed by atoms with Crippen molar-refractivity contribution in [2.45, 2.75) is 39.7 Å². The van der Waals surface area contributed by atoms with Crippen molar-refractivity contribution >= 4 is 17.2 Å². The van der Waals surface area contributed by atoms with E-state index in [9.17, 15) is 0 Å². The van der Waals surface area contributed by atoms with Gasteiger partial charge < -0.3 is 15.4 Å². The number of hydrogen-bond donors (Lipinski definition) is 1. The van der Waals surface area contributed by atoms with Gasteiger partial charge in [0.2, 0.25) is 0 Å². The fourth-order valence-corrected chi connectivity index (χ4v) is 2.24. The van der Waals surface area contributed by atoms with Crippen LogP contribution in [0, 0.1) is 0 Å². The van der Waals surface area contributed by atoms with Gasteiger partial charge in [0.1, 0.15) is 10.7 Å². The maximum Gasteiger partial charge on any atom is 0.119 e. The topological polar surface area (TPSA) is 38.5 Å². The molecule has 112 valence electrons. The summed E-state index contributed by atoms with van der Waals surface area (Å²) < 4.78 is 5.76. The molecular weight excluding hydrogens is 268 g/mol. The fourth-order valence-electron chi connectivity index (χ4n) is 2.11. The van der Waals surface area contributed by atoms with Crippen molar-refractivity contribution in [3.05, 3.63) is 29.8 Å². The van der Waals surface area contributed by atoms with Crippen molar-refractivity contribution < 1.29 is 4.74 Å². The highest BCUT2D eigenvalue weighted by atomic mass is 32.1. The second kappa shape index (κ2) is 8.93. The molecule has 0 atom stereocenters. The summed E-state index contributed by atoms with van der Waals surface area (Å²) >= 11 is 4.96. The highest BCUT2D eigenvalue weighted by molar-refractivity contribution is 7.80. The van der Waals surface area contributed by atoms with Crippen molar-refractivity contribution in [3.63, 3.8) is 0 Å². The molecule has 1 aromatic carbocycles. The van der Waals surface area contributed by atoms with Crippen LogP contribution in [0.25, 0.3) is 0 Å². The number of rotatable bonds is 9. The van der Waals surface area contributed by atoms with Crippen molar-refractivity contribution in [2.75, 3.05) is 19.7 Å². The molecule has 0 aliphatic heterocycles. The number of nitrogens with two attached hydrogens (primary N) is 1. The minimum Gasteiger partial charge on any atom is -0.494 e. The first-order valence-corrected chi connectivity index (χ1v) is 7.72. The van der Waals surface area contributed by atoms with E-state index in [0.29, 0.717) is 17.6 Å². The fraction of sp³-hybridized carbons (Fsp3) is 0.562. The number of nitrogens with zero attached hydrogens (tertiary/aromatic N) is 1. The summed E-state index contributed by atoms with van der Waals surface area (Å²) in [5.74, 6) is 0.835. The molecule has 0 amide bonds. The zero-order valence-corrected chi connectivity index (χ0v) is 13.6. The summed E-state index contributed by atoms with van der Waals surface area (Å²) in [7, 11) is 0. The third-order valence-electron chi connectivity index (χ3n) is 3.22. The van der Waals surface area contributed by atoms with Gasteiger partial charge in [-0.1, -0.05) is 31.3 Å².